The molecule has 2 unspecified atom stereocenters. The van der Waals surface area contributed by atoms with E-state index >= 15 is 0 Å². The molecule has 2 aliphatic heterocycles. The number of nitrogens with one attached hydrogen (secondary N) is 2. The molecule has 2 atom stereocenters. The zero-order valence-electron chi connectivity index (χ0n) is 10.5. The van der Waals surface area contributed by atoms with Crippen LogP contribution < -0.4 is 10.6 Å². The second-order valence-corrected chi connectivity index (χ2v) is 6.02. The molecule has 2 rings (SSSR count). The molecule has 0 saturated carbocycles. The van der Waals surface area contributed by atoms with Gasteiger partial charge in [0.25, 0.3) is 0 Å². The Morgan fingerprint density at radius 1 is 1.38 bits per heavy atom. The zero-order chi connectivity index (χ0) is 11.8. The highest BCUT2D eigenvalue weighted by Gasteiger charge is 2.39. The van der Waals surface area contributed by atoms with Crippen molar-refractivity contribution in [1.82, 2.24) is 15.5 Å². The molecule has 2 N–H and O–H groups in total. The zero-order valence-corrected chi connectivity index (χ0v) is 10.5. The number of urea groups is 1. The first-order chi connectivity index (χ1) is 7.48. The predicted octanol–water partition coefficient (Wildman–Crippen LogP) is 1.18. The molecule has 16 heavy (non-hydrogen) atoms. The van der Waals surface area contributed by atoms with Crippen molar-refractivity contribution in [1.29, 1.82) is 0 Å². The number of carbonyl (C=O) groups excluding carboxylic acids is 1. The molecular weight excluding hydrogens is 202 g/mol. The van der Waals surface area contributed by atoms with Gasteiger partial charge in [-0.3, -0.25) is 0 Å². The Balaban J connectivity index is 1.99. The lowest BCUT2D eigenvalue weighted by Crippen LogP contribution is -2.47. The molecule has 2 aliphatic rings. The molecule has 92 valence electrons. The van der Waals surface area contributed by atoms with Gasteiger partial charge >= 0.3 is 6.03 Å². The van der Waals surface area contributed by atoms with Gasteiger partial charge < -0.3 is 15.5 Å². The van der Waals surface area contributed by atoms with Crippen molar-refractivity contribution in [2.24, 2.45) is 5.41 Å². The Bertz CT molecular complexity index is 266. The largest absolute Gasteiger partial charge is 0.333 e. The molecule has 2 fully saturated rings. The highest BCUT2D eigenvalue weighted by atomic mass is 16.2. The van der Waals surface area contributed by atoms with E-state index in [9.17, 15) is 4.79 Å². The van der Waals surface area contributed by atoms with Crippen LogP contribution in [0.15, 0.2) is 0 Å². The number of amides is 2. The predicted molar refractivity (Wildman–Crippen MR) is 64.4 cm³/mol. The summed E-state index contributed by atoms with van der Waals surface area (Å²) < 4.78 is 0. The van der Waals surface area contributed by atoms with E-state index in [1.165, 1.54) is 6.42 Å². The topological polar surface area (TPSA) is 44.4 Å². The van der Waals surface area contributed by atoms with Gasteiger partial charge in [0, 0.05) is 19.1 Å². The van der Waals surface area contributed by atoms with E-state index < -0.39 is 0 Å². The molecule has 2 heterocycles. The van der Waals surface area contributed by atoms with Gasteiger partial charge in [0.05, 0.1) is 6.04 Å². The summed E-state index contributed by atoms with van der Waals surface area (Å²) in [7, 11) is 0. The van der Waals surface area contributed by atoms with Gasteiger partial charge in [0.1, 0.15) is 0 Å². The molecule has 0 aliphatic carbocycles. The Hall–Kier alpha value is -0.770. The van der Waals surface area contributed by atoms with Crippen LogP contribution in [0.5, 0.6) is 0 Å². The molecule has 2 amide bonds. The SMILES string of the molecule is CC(C)(C)C1CN(C2CCCNC2)C(=O)N1. The fourth-order valence-corrected chi connectivity index (χ4v) is 2.46. The minimum atomic E-state index is 0.119. The van der Waals surface area contributed by atoms with Crippen LogP contribution in [-0.4, -0.2) is 42.6 Å². The van der Waals surface area contributed by atoms with E-state index in [-0.39, 0.29) is 17.5 Å². The average molecular weight is 225 g/mol. The number of hydrogen-bond donors (Lipinski definition) is 2. The Labute approximate surface area is 97.8 Å². The van der Waals surface area contributed by atoms with Gasteiger partial charge in [-0.2, -0.15) is 0 Å². The summed E-state index contributed by atoms with van der Waals surface area (Å²) in [4.78, 5) is 13.9. The van der Waals surface area contributed by atoms with Crippen LogP contribution in [0.4, 0.5) is 4.79 Å². The van der Waals surface area contributed by atoms with E-state index in [2.05, 4.69) is 31.4 Å². The fourth-order valence-electron chi connectivity index (χ4n) is 2.46. The Morgan fingerprint density at radius 3 is 2.62 bits per heavy atom. The third kappa shape index (κ3) is 2.32. The van der Waals surface area contributed by atoms with Crippen LogP contribution in [0, 0.1) is 5.41 Å². The lowest BCUT2D eigenvalue weighted by atomic mass is 9.87. The molecule has 0 aromatic rings. The third-order valence-corrected chi connectivity index (χ3v) is 3.69. The maximum atomic E-state index is 11.9. The summed E-state index contributed by atoms with van der Waals surface area (Å²) in [5, 5.41) is 6.46. The Morgan fingerprint density at radius 2 is 2.12 bits per heavy atom. The molecule has 0 radical (unpaired) electrons. The molecule has 0 aromatic carbocycles. The molecule has 2 saturated heterocycles. The number of nitrogens with zero attached hydrogens (tertiary/aromatic N) is 1. The van der Waals surface area contributed by atoms with Gasteiger partial charge in [-0.25, -0.2) is 4.79 Å². The summed E-state index contributed by atoms with van der Waals surface area (Å²) >= 11 is 0. The number of carbonyl (C=O) groups is 1. The van der Waals surface area contributed by atoms with Crippen molar-refractivity contribution in [3.8, 4) is 0 Å². The van der Waals surface area contributed by atoms with Gasteiger partial charge in [0.15, 0.2) is 0 Å². The quantitative estimate of drug-likeness (QED) is 0.704. The first kappa shape index (κ1) is 11.7. The number of piperidine rings is 1. The van der Waals surface area contributed by atoms with E-state index in [4.69, 9.17) is 0 Å². The van der Waals surface area contributed by atoms with Crippen molar-refractivity contribution in [2.75, 3.05) is 19.6 Å². The van der Waals surface area contributed by atoms with E-state index in [0.717, 1.165) is 26.1 Å². The molecule has 4 heteroatoms. The lowest BCUT2D eigenvalue weighted by Gasteiger charge is -2.32. The molecule has 4 nitrogen and oxygen atoms in total. The van der Waals surface area contributed by atoms with Crippen LogP contribution in [0.2, 0.25) is 0 Å². The molecule has 0 aromatic heterocycles. The molecular formula is C12H23N3O. The van der Waals surface area contributed by atoms with Crippen molar-refractivity contribution >= 4 is 6.03 Å². The number of hydrogen-bond acceptors (Lipinski definition) is 2. The van der Waals surface area contributed by atoms with Gasteiger partial charge in [0.2, 0.25) is 0 Å². The fraction of sp³-hybridized carbons (Fsp3) is 0.917. The highest BCUT2D eigenvalue weighted by molar-refractivity contribution is 5.77. The first-order valence-electron chi connectivity index (χ1n) is 6.26. The van der Waals surface area contributed by atoms with E-state index in [0.29, 0.717) is 6.04 Å². The van der Waals surface area contributed by atoms with Crippen LogP contribution in [0.25, 0.3) is 0 Å². The summed E-state index contributed by atoms with van der Waals surface area (Å²) in [6.07, 6.45) is 2.31. The standard InChI is InChI=1S/C12H23N3O/c1-12(2,3)10-8-15(11(16)14-10)9-5-4-6-13-7-9/h9-10,13H,4-8H2,1-3H3,(H,14,16). The van der Waals surface area contributed by atoms with Gasteiger partial charge in [-0.1, -0.05) is 20.8 Å². The summed E-state index contributed by atoms with van der Waals surface area (Å²) in [5.74, 6) is 0. The minimum Gasteiger partial charge on any atom is -0.333 e. The average Bonchev–Trinajstić information content (AvgIpc) is 2.61. The minimum absolute atomic E-state index is 0.119. The van der Waals surface area contributed by atoms with Crippen LogP contribution in [0.1, 0.15) is 33.6 Å². The first-order valence-corrected chi connectivity index (χ1v) is 6.26. The maximum Gasteiger partial charge on any atom is 0.318 e. The third-order valence-electron chi connectivity index (χ3n) is 3.69. The highest BCUT2D eigenvalue weighted by Crippen LogP contribution is 2.26. The van der Waals surface area contributed by atoms with Crippen molar-refractivity contribution in [3.05, 3.63) is 0 Å². The second kappa shape index (κ2) is 4.24. The summed E-state index contributed by atoms with van der Waals surface area (Å²) in [5.41, 5.74) is 0.145. The van der Waals surface area contributed by atoms with Crippen molar-refractivity contribution in [3.63, 3.8) is 0 Å². The van der Waals surface area contributed by atoms with Crippen LogP contribution >= 0.6 is 0 Å². The summed E-state index contributed by atoms with van der Waals surface area (Å²) in [6, 6.07) is 0.789. The van der Waals surface area contributed by atoms with Crippen molar-refractivity contribution in [2.45, 2.75) is 45.7 Å². The van der Waals surface area contributed by atoms with Gasteiger partial charge in [-0.05, 0) is 24.8 Å². The lowest BCUT2D eigenvalue weighted by molar-refractivity contribution is 0.180. The normalized spacial score (nSPS) is 31.7. The van der Waals surface area contributed by atoms with Gasteiger partial charge in [-0.15, -0.1) is 0 Å². The molecule has 0 bridgehead atoms. The van der Waals surface area contributed by atoms with E-state index in [1.807, 2.05) is 4.90 Å². The smallest absolute Gasteiger partial charge is 0.318 e. The van der Waals surface area contributed by atoms with Crippen LogP contribution in [-0.2, 0) is 0 Å². The van der Waals surface area contributed by atoms with Crippen molar-refractivity contribution < 1.29 is 4.79 Å². The van der Waals surface area contributed by atoms with E-state index in [1.54, 1.807) is 0 Å². The maximum absolute atomic E-state index is 11.9. The number of rotatable bonds is 1. The molecule has 0 spiro atoms. The van der Waals surface area contributed by atoms with Crippen LogP contribution in [0.3, 0.4) is 0 Å². The Kier molecular flexibility index (Phi) is 3.10. The second-order valence-electron chi connectivity index (χ2n) is 6.02. The summed E-state index contributed by atoms with van der Waals surface area (Å²) in [6.45, 7) is 9.44. The monoisotopic (exact) mass is 225 g/mol.